The van der Waals surface area contributed by atoms with Crippen molar-refractivity contribution in [1.82, 2.24) is 14.9 Å². The molecule has 26 heavy (non-hydrogen) atoms. The van der Waals surface area contributed by atoms with Gasteiger partial charge in [0, 0.05) is 24.5 Å². The largest absolute Gasteiger partial charge is 0.491 e. The zero-order valence-electron chi connectivity index (χ0n) is 15.1. The van der Waals surface area contributed by atoms with E-state index in [9.17, 15) is 4.79 Å². The van der Waals surface area contributed by atoms with E-state index in [1.165, 1.54) is 0 Å². The van der Waals surface area contributed by atoms with Gasteiger partial charge in [-0.3, -0.25) is 4.79 Å². The van der Waals surface area contributed by atoms with Gasteiger partial charge < -0.3 is 14.6 Å². The Morgan fingerprint density at radius 2 is 1.88 bits per heavy atom. The lowest BCUT2D eigenvalue weighted by atomic mass is 10.1. The first kappa shape index (κ1) is 17.7. The van der Waals surface area contributed by atoms with Gasteiger partial charge in [-0.2, -0.15) is 0 Å². The molecule has 3 aromatic rings. The summed E-state index contributed by atoms with van der Waals surface area (Å²) in [4.78, 5) is 16.6. The van der Waals surface area contributed by atoms with E-state index in [1.54, 1.807) is 6.20 Å². The number of ether oxygens (including phenoxy) is 1. The number of benzene rings is 2. The van der Waals surface area contributed by atoms with Crippen LogP contribution in [-0.4, -0.2) is 28.1 Å². The number of nitrogens with zero attached hydrogens (tertiary/aromatic N) is 2. The van der Waals surface area contributed by atoms with Gasteiger partial charge in [0.25, 0.3) is 5.91 Å². The van der Waals surface area contributed by atoms with Crippen LogP contribution in [0.2, 0.25) is 0 Å². The second-order valence-electron chi connectivity index (χ2n) is 6.30. The molecule has 0 radical (unpaired) electrons. The van der Waals surface area contributed by atoms with Crippen LogP contribution in [0.4, 0.5) is 0 Å². The number of aryl methyl sites for hydroxylation is 1. The van der Waals surface area contributed by atoms with Gasteiger partial charge >= 0.3 is 0 Å². The fourth-order valence-electron chi connectivity index (χ4n) is 2.62. The lowest BCUT2D eigenvalue weighted by Gasteiger charge is -2.15. The van der Waals surface area contributed by atoms with Crippen molar-refractivity contribution in [2.24, 2.45) is 0 Å². The Kier molecular flexibility index (Phi) is 5.69. The number of imidazole rings is 1. The molecule has 5 heteroatoms. The van der Waals surface area contributed by atoms with E-state index in [-0.39, 0.29) is 11.9 Å². The number of carbonyl (C=O) groups is 1. The second kappa shape index (κ2) is 8.34. The molecular weight excluding hydrogens is 326 g/mol. The maximum Gasteiger partial charge on any atom is 0.251 e. The fraction of sp³-hybridized carbons (Fsp3) is 0.238. The highest BCUT2D eigenvalue weighted by atomic mass is 16.5. The Labute approximate surface area is 153 Å². The molecule has 3 rings (SSSR count). The topological polar surface area (TPSA) is 56.2 Å². The van der Waals surface area contributed by atoms with Gasteiger partial charge in [-0.15, -0.1) is 0 Å². The molecule has 1 N–H and O–H groups in total. The number of para-hydroxylation sites is 1. The van der Waals surface area contributed by atoms with Gasteiger partial charge in [0.05, 0.1) is 6.04 Å². The van der Waals surface area contributed by atoms with Crippen LogP contribution in [0.15, 0.2) is 67.0 Å². The number of amides is 1. The average Bonchev–Trinajstić information content (AvgIpc) is 3.06. The smallest absolute Gasteiger partial charge is 0.251 e. The summed E-state index contributed by atoms with van der Waals surface area (Å²) in [5, 5.41) is 2.96. The summed E-state index contributed by atoms with van der Waals surface area (Å²) < 4.78 is 7.74. The number of aromatic nitrogens is 2. The Hall–Kier alpha value is -3.08. The predicted octanol–water partition coefficient (Wildman–Crippen LogP) is 3.44. The molecule has 0 saturated heterocycles. The third-order valence-corrected chi connectivity index (χ3v) is 4.11. The summed E-state index contributed by atoms with van der Waals surface area (Å²) >= 11 is 0. The molecule has 1 amide bonds. The van der Waals surface area contributed by atoms with Crippen molar-refractivity contribution < 1.29 is 9.53 Å². The minimum absolute atomic E-state index is 0.0871. The van der Waals surface area contributed by atoms with Crippen molar-refractivity contribution in [1.29, 1.82) is 0 Å². The molecule has 5 nitrogen and oxygen atoms in total. The van der Waals surface area contributed by atoms with Crippen molar-refractivity contribution in [3.63, 3.8) is 0 Å². The molecule has 2 aromatic carbocycles. The first-order valence-corrected chi connectivity index (χ1v) is 8.67. The summed E-state index contributed by atoms with van der Waals surface area (Å²) in [6.45, 7) is 5.07. The SMILES string of the molecule is Cc1nccn1Cc1ccc(C(=O)N[C@@H](C)COc2ccccc2)cc1. The molecule has 0 aliphatic carbocycles. The van der Waals surface area contributed by atoms with Crippen LogP contribution in [-0.2, 0) is 6.54 Å². The zero-order chi connectivity index (χ0) is 18.4. The molecule has 1 heterocycles. The average molecular weight is 349 g/mol. The van der Waals surface area contributed by atoms with Crippen molar-refractivity contribution in [2.75, 3.05) is 6.61 Å². The van der Waals surface area contributed by atoms with E-state index in [0.717, 1.165) is 23.7 Å². The molecule has 134 valence electrons. The second-order valence-corrected chi connectivity index (χ2v) is 6.30. The van der Waals surface area contributed by atoms with Gasteiger partial charge in [-0.05, 0) is 43.7 Å². The number of hydrogen-bond donors (Lipinski definition) is 1. The van der Waals surface area contributed by atoms with Crippen LogP contribution < -0.4 is 10.1 Å². The molecule has 0 aliphatic heterocycles. The quantitative estimate of drug-likeness (QED) is 0.711. The monoisotopic (exact) mass is 349 g/mol. The molecule has 0 unspecified atom stereocenters. The molecule has 0 saturated carbocycles. The third kappa shape index (κ3) is 4.72. The molecule has 0 bridgehead atoms. The molecule has 0 aliphatic rings. The Morgan fingerprint density at radius 3 is 2.54 bits per heavy atom. The van der Waals surface area contributed by atoms with Crippen LogP contribution in [0.25, 0.3) is 0 Å². The van der Waals surface area contributed by atoms with Gasteiger partial charge in [0.2, 0.25) is 0 Å². The Bertz CT molecular complexity index is 841. The van der Waals surface area contributed by atoms with Crippen LogP contribution >= 0.6 is 0 Å². The number of hydrogen-bond acceptors (Lipinski definition) is 3. The summed E-state index contributed by atoms with van der Waals surface area (Å²) in [7, 11) is 0. The van der Waals surface area contributed by atoms with Crippen LogP contribution in [0.1, 0.15) is 28.7 Å². The van der Waals surface area contributed by atoms with E-state index < -0.39 is 0 Å². The van der Waals surface area contributed by atoms with E-state index in [1.807, 2.05) is 74.6 Å². The third-order valence-electron chi connectivity index (χ3n) is 4.11. The van der Waals surface area contributed by atoms with Gasteiger partial charge in [-0.1, -0.05) is 30.3 Å². The maximum absolute atomic E-state index is 12.4. The van der Waals surface area contributed by atoms with Crippen molar-refractivity contribution in [3.05, 3.63) is 83.9 Å². The summed E-state index contributed by atoms with van der Waals surface area (Å²) in [6.07, 6.45) is 3.74. The predicted molar refractivity (Wildman–Crippen MR) is 101 cm³/mol. The van der Waals surface area contributed by atoms with E-state index >= 15 is 0 Å². The standard InChI is InChI=1S/C21H23N3O2/c1-16(15-26-20-6-4-3-5-7-20)23-21(25)19-10-8-18(9-11-19)14-24-13-12-22-17(24)2/h3-13,16H,14-15H2,1-2H3,(H,23,25)/t16-/m0/s1. The minimum atomic E-state index is -0.0977. The molecule has 1 atom stereocenters. The van der Waals surface area contributed by atoms with Crippen molar-refractivity contribution in [3.8, 4) is 5.75 Å². The minimum Gasteiger partial charge on any atom is -0.491 e. The molecular formula is C21H23N3O2. The summed E-state index contributed by atoms with van der Waals surface area (Å²) in [5.41, 5.74) is 1.77. The highest BCUT2D eigenvalue weighted by Gasteiger charge is 2.10. The van der Waals surface area contributed by atoms with E-state index in [4.69, 9.17) is 4.74 Å². The molecule has 1 aromatic heterocycles. The lowest BCUT2D eigenvalue weighted by Crippen LogP contribution is -2.36. The molecule has 0 fully saturated rings. The number of nitrogens with one attached hydrogen (secondary N) is 1. The van der Waals surface area contributed by atoms with Crippen LogP contribution in [0, 0.1) is 6.92 Å². The van der Waals surface area contributed by atoms with E-state index in [2.05, 4.69) is 14.9 Å². The normalized spacial score (nSPS) is 11.8. The first-order chi connectivity index (χ1) is 12.6. The zero-order valence-corrected chi connectivity index (χ0v) is 15.1. The summed E-state index contributed by atoms with van der Waals surface area (Å²) in [5.74, 6) is 1.67. The number of rotatable bonds is 7. The van der Waals surface area contributed by atoms with Crippen LogP contribution in [0.5, 0.6) is 5.75 Å². The van der Waals surface area contributed by atoms with Gasteiger partial charge in [0.1, 0.15) is 18.2 Å². The van der Waals surface area contributed by atoms with Gasteiger partial charge in [0.15, 0.2) is 0 Å². The Morgan fingerprint density at radius 1 is 1.15 bits per heavy atom. The fourth-order valence-corrected chi connectivity index (χ4v) is 2.62. The molecule has 0 spiro atoms. The van der Waals surface area contributed by atoms with Gasteiger partial charge in [-0.25, -0.2) is 4.98 Å². The summed E-state index contributed by atoms with van der Waals surface area (Å²) in [6, 6.07) is 17.1. The Balaban J connectivity index is 1.52. The lowest BCUT2D eigenvalue weighted by molar-refractivity contribution is 0.0926. The maximum atomic E-state index is 12.4. The van der Waals surface area contributed by atoms with Crippen molar-refractivity contribution in [2.45, 2.75) is 26.4 Å². The number of carbonyl (C=O) groups excluding carboxylic acids is 1. The first-order valence-electron chi connectivity index (χ1n) is 8.67. The van der Waals surface area contributed by atoms with E-state index in [0.29, 0.717) is 12.2 Å². The van der Waals surface area contributed by atoms with Crippen molar-refractivity contribution >= 4 is 5.91 Å². The highest BCUT2D eigenvalue weighted by Crippen LogP contribution is 2.10. The van der Waals surface area contributed by atoms with Crippen LogP contribution in [0.3, 0.4) is 0 Å². The highest BCUT2D eigenvalue weighted by molar-refractivity contribution is 5.94.